The minimum atomic E-state index is -3.77. The fourth-order valence-corrected chi connectivity index (χ4v) is 3.51. The van der Waals surface area contributed by atoms with Crippen LogP contribution in [0.1, 0.15) is 50.9 Å². The first-order valence-electron chi connectivity index (χ1n) is 7.01. The van der Waals surface area contributed by atoms with Gasteiger partial charge in [0, 0.05) is 36.5 Å². The lowest BCUT2D eigenvalue weighted by Gasteiger charge is -2.30. The van der Waals surface area contributed by atoms with Crippen LogP contribution in [0.4, 0.5) is 0 Å². The van der Waals surface area contributed by atoms with E-state index in [1.807, 2.05) is 11.5 Å². The SMILES string of the molecule is CCCc1nc(S(=O)(=O)Cl)cn1C1CCCC(OC)C1. The first kappa shape index (κ1) is 15.8. The van der Waals surface area contributed by atoms with E-state index < -0.39 is 9.05 Å². The largest absolute Gasteiger partial charge is 0.381 e. The molecule has 2 atom stereocenters. The second-order valence-corrected chi connectivity index (χ2v) is 7.78. The van der Waals surface area contributed by atoms with Gasteiger partial charge in [-0.3, -0.25) is 0 Å². The van der Waals surface area contributed by atoms with Gasteiger partial charge in [-0.15, -0.1) is 0 Å². The molecule has 0 amide bonds. The van der Waals surface area contributed by atoms with Crippen molar-refractivity contribution in [1.82, 2.24) is 9.55 Å². The zero-order chi connectivity index (χ0) is 14.8. The van der Waals surface area contributed by atoms with E-state index >= 15 is 0 Å². The Labute approximate surface area is 124 Å². The van der Waals surface area contributed by atoms with Gasteiger partial charge in [0.15, 0.2) is 5.03 Å². The van der Waals surface area contributed by atoms with Crippen LogP contribution in [-0.4, -0.2) is 31.2 Å². The fraction of sp³-hybridized carbons (Fsp3) is 0.769. The Balaban J connectivity index is 2.31. The molecule has 20 heavy (non-hydrogen) atoms. The van der Waals surface area contributed by atoms with Gasteiger partial charge in [0.05, 0.1) is 6.10 Å². The zero-order valence-corrected chi connectivity index (χ0v) is 13.5. The van der Waals surface area contributed by atoms with Gasteiger partial charge in [-0.25, -0.2) is 13.4 Å². The van der Waals surface area contributed by atoms with E-state index in [4.69, 9.17) is 15.4 Å². The van der Waals surface area contributed by atoms with Gasteiger partial charge in [-0.05, 0) is 32.1 Å². The average Bonchev–Trinajstić information content (AvgIpc) is 2.83. The van der Waals surface area contributed by atoms with Gasteiger partial charge in [0.2, 0.25) is 0 Å². The quantitative estimate of drug-likeness (QED) is 0.783. The number of aryl methyl sites for hydroxylation is 1. The fourth-order valence-electron chi connectivity index (χ4n) is 2.84. The number of imidazole rings is 1. The van der Waals surface area contributed by atoms with Gasteiger partial charge < -0.3 is 9.30 Å². The maximum Gasteiger partial charge on any atom is 0.280 e. The number of methoxy groups -OCH3 is 1. The van der Waals surface area contributed by atoms with Crippen LogP contribution in [0, 0.1) is 0 Å². The van der Waals surface area contributed by atoms with Crippen LogP contribution in [0.15, 0.2) is 11.2 Å². The highest BCUT2D eigenvalue weighted by Gasteiger charge is 2.27. The third kappa shape index (κ3) is 3.54. The van der Waals surface area contributed by atoms with Crippen LogP contribution in [0.5, 0.6) is 0 Å². The molecule has 2 unspecified atom stereocenters. The monoisotopic (exact) mass is 320 g/mol. The first-order chi connectivity index (χ1) is 9.45. The van der Waals surface area contributed by atoms with Gasteiger partial charge >= 0.3 is 0 Å². The van der Waals surface area contributed by atoms with Crippen molar-refractivity contribution in [3.8, 4) is 0 Å². The molecule has 0 N–H and O–H groups in total. The summed E-state index contributed by atoms with van der Waals surface area (Å²) in [6.45, 7) is 2.05. The molecule has 1 aromatic heterocycles. The van der Waals surface area contributed by atoms with E-state index in [1.165, 1.54) is 0 Å². The highest BCUT2D eigenvalue weighted by Crippen LogP contribution is 2.32. The van der Waals surface area contributed by atoms with Crippen molar-refractivity contribution >= 4 is 19.7 Å². The maximum absolute atomic E-state index is 11.5. The van der Waals surface area contributed by atoms with Crippen LogP contribution in [0.25, 0.3) is 0 Å². The van der Waals surface area contributed by atoms with E-state index in [1.54, 1.807) is 13.3 Å². The summed E-state index contributed by atoms with van der Waals surface area (Å²) in [5.41, 5.74) is 0. The lowest BCUT2D eigenvalue weighted by Crippen LogP contribution is -2.24. The molecule has 114 valence electrons. The molecule has 1 fully saturated rings. The molecule has 2 rings (SSSR count). The molecule has 0 radical (unpaired) electrons. The van der Waals surface area contributed by atoms with E-state index in [0.29, 0.717) is 0 Å². The third-order valence-electron chi connectivity index (χ3n) is 3.84. The highest BCUT2D eigenvalue weighted by molar-refractivity contribution is 8.13. The van der Waals surface area contributed by atoms with Crippen LogP contribution in [0.2, 0.25) is 0 Å². The van der Waals surface area contributed by atoms with Crippen molar-refractivity contribution < 1.29 is 13.2 Å². The molecule has 1 heterocycles. The molecule has 7 heteroatoms. The van der Waals surface area contributed by atoms with Gasteiger partial charge in [-0.2, -0.15) is 0 Å². The predicted octanol–water partition coefficient (Wildman–Crippen LogP) is 2.89. The van der Waals surface area contributed by atoms with E-state index in [0.717, 1.165) is 44.3 Å². The summed E-state index contributed by atoms with van der Waals surface area (Å²) in [7, 11) is 3.36. The molecule has 1 aromatic rings. The number of hydrogen-bond donors (Lipinski definition) is 0. The molecule has 1 aliphatic rings. The molecule has 0 bridgehead atoms. The van der Waals surface area contributed by atoms with Crippen molar-refractivity contribution in [1.29, 1.82) is 0 Å². The number of ether oxygens (including phenoxy) is 1. The van der Waals surface area contributed by atoms with Gasteiger partial charge in [0.1, 0.15) is 5.82 Å². The molecule has 0 saturated heterocycles. The number of nitrogens with zero attached hydrogens (tertiary/aromatic N) is 2. The van der Waals surface area contributed by atoms with E-state index in [-0.39, 0.29) is 17.2 Å². The van der Waals surface area contributed by atoms with E-state index in [9.17, 15) is 8.42 Å². The Morgan fingerprint density at radius 3 is 2.85 bits per heavy atom. The Hall–Kier alpha value is -0.590. The molecule has 0 aliphatic heterocycles. The zero-order valence-electron chi connectivity index (χ0n) is 11.9. The standard InChI is InChI=1S/C13H21ClN2O3S/c1-3-5-12-15-13(20(14,17)18)9-16(12)10-6-4-7-11(8-10)19-2/h9-11H,3-8H2,1-2H3. The summed E-state index contributed by atoms with van der Waals surface area (Å²) < 4.78 is 30.4. The van der Waals surface area contributed by atoms with Crippen LogP contribution < -0.4 is 0 Å². The number of halogens is 1. The summed E-state index contributed by atoms with van der Waals surface area (Å²) in [4.78, 5) is 4.20. The van der Waals surface area contributed by atoms with Gasteiger partial charge in [0.25, 0.3) is 9.05 Å². The Morgan fingerprint density at radius 1 is 1.50 bits per heavy atom. The summed E-state index contributed by atoms with van der Waals surface area (Å²) in [5.74, 6) is 0.800. The summed E-state index contributed by atoms with van der Waals surface area (Å²) in [6, 6.07) is 0.245. The second kappa shape index (κ2) is 6.45. The molecular weight excluding hydrogens is 300 g/mol. The molecule has 1 saturated carbocycles. The van der Waals surface area contributed by atoms with Crippen molar-refractivity contribution in [3.63, 3.8) is 0 Å². The van der Waals surface area contributed by atoms with Crippen molar-refractivity contribution in [3.05, 3.63) is 12.0 Å². The smallest absolute Gasteiger partial charge is 0.280 e. The van der Waals surface area contributed by atoms with Gasteiger partial charge in [-0.1, -0.05) is 6.92 Å². The number of rotatable bonds is 5. The molecule has 0 spiro atoms. The van der Waals surface area contributed by atoms with Crippen molar-refractivity contribution in [2.24, 2.45) is 0 Å². The molecular formula is C13H21ClN2O3S. The first-order valence-corrected chi connectivity index (χ1v) is 9.31. The topological polar surface area (TPSA) is 61.2 Å². The summed E-state index contributed by atoms with van der Waals surface area (Å²) in [6.07, 6.45) is 7.54. The van der Waals surface area contributed by atoms with Crippen molar-refractivity contribution in [2.75, 3.05) is 7.11 Å². The lowest BCUT2D eigenvalue weighted by molar-refractivity contribution is 0.0525. The minimum absolute atomic E-state index is 0.0397. The van der Waals surface area contributed by atoms with Crippen LogP contribution in [0.3, 0.4) is 0 Å². The second-order valence-electron chi connectivity index (χ2n) is 5.27. The van der Waals surface area contributed by atoms with E-state index in [2.05, 4.69) is 4.98 Å². The molecule has 5 nitrogen and oxygen atoms in total. The summed E-state index contributed by atoms with van der Waals surface area (Å²) >= 11 is 0. The Morgan fingerprint density at radius 2 is 2.25 bits per heavy atom. The summed E-state index contributed by atoms with van der Waals surface area (Å²) in [5, 5.41) is -0.0397. The normalized spacial score (nSPS) is 23.9. The third-order valence-corrected chi connectivity index (χ3v) is 5.01. The average molecular weight is 321 g/mol. The maximum atomic E-state index is 11.5. The minimum Gasteiger partial charge on any atom is -0.381 e. The Kier molecular flexibility index (Phi) is 5.09. The lowest BCUT2D eigenvalue weighted by atomic mass is 9.92. The van der Waals surface area contributed by atoms with Crippen molar-refractivity contribution in [2.45, 2.75) is 62.6 Å². The molecule has 0 aromatic carbocycles. The highest BCUT2D eigenvalue weighted by atomic mass is 35.7. The number of aromatic nitrogens is 2. The van der Waals surface area contributed by atoms with Crippen LogP contribution >= 0.6 is 10.7 Å². The Bertz CT molecular complexity index is 556. The van der Waals surface area contributed by atoms with Crippen LogP contribution in [-0.2, 0) is 20.2 Å². The molecule has 1 aliphatic carbocycles. The predicted molar refractivity (Wildman–Crippen MR) is 77.6 cm³/mol. The number of hydrogen-bond acceptors (Lipinski definition) is 4.